The fourth-order valence-corrected chi connectivity index (χ4v) is 2.42. The van der Waals surface area contributed by atoms with Crippen LogP contribution >= 0.6 is 0 Å². The molecule has 0 amide bonds. The highest BCUT2D eigenvalue weighted by Crippen LogP contribution is 2.33. The second-order valence-corrected chi connectivity index (χ2v) is 4.17. The van der Waals surface area contributed by atoms with E-state index in [1.807, 2.05) is 6.07 Å². The van der Waals surface area contributed by atoms with Crippen molar-refractivity contribution in [1.29, 1.82) is 0 Å². The summed E-state index contributed by atoms with van der Waals surface area (Å²) in [5.41, 5.74) is 6.53. The van der Waals surface area contributed by atoms with Gasteiger partial charge in [-0.05, 0) is 47.2 Å². The van der Waals surface area contributed by atoms with Crippen LogP contribution in [-0.4, -0.2) is 0 Å². The van der Waals surface area contributed by atoms with Gasteiger partial charge in [-0.3, -0.25) is 0 Å². The first-order valence-corrected chi connectivity index (χ1v) is 5.56. The third kappa shape index (κ3) is 1.33. The van der Waals surface area contributed by atoms with E-state index in [4.69, 9.17) is 6.42 Å². The maximum absolute atomic E-state index is 5.43. The lowest BCUT2D eigenvalue weighted by Crippen LogP contribution is -2.03. The highest BCUT2D eigenvalue weighted by molar-refractivity contribution is 5.73. The Morgan fingerprint density at radius 1 is 0.875 bits per heavy atom. The number of terminal acetylenes is 1. The van der Waals surface area contributed by atoms with Gasteiger partial charge in [0.2, 0.25) is 0 Å². The van der Waals surface area contributed by atoms with Crippen LogP contribution in [0, 0.1) is 12.3 Å². The van der Waals surface area contributed by atoms with Crippen LogP contribution < -0.4 is 0 Å². The fourth-order valence-electron chi connectivity index (χ4n) is 2.42. The van der Waals surface area contributed by atoms with Gasteiger partial charge < -0.3 is 0 Å². The van der Waals surface area contributed by atoms with Crippen LogP contribution in [0.25, 0.3) is 11.1 Å². The topological polar surface area (TPSA) is 0 Å². The summed E-state index contributed by atoms with van der Waals surface area (Å²) in [5, 5.41) is 0. The molecule has 0 aliphatic heterocycles. The highest BCUT2D eigenvalue weighted by atomic mass is 14.2. The maximum atomic E-state index is 5.43. The molecule has 1 aliphatic rings. The van der Waals surface area contributed by atoms with Crippen LogP contribution in [0.1, 0.15) is 16.7 Å². The lowest BCUT2D eigenvalue weighted by molar-refractivity contribution is 0.941. The van der Waals surface area contributed by atoms with E-state index in [1.165, 1.54) is 22.3 Å². The zero-order valence-electron chi connectivity index (χ0n) is 9.03. The van der Waals surface area contributed by atoms with Gasteiger partial charge in [0.25, 0.3) is 0 Å². The van der Waals surface area contributed by atoms with E-state index >= 15 is 0 Å². The first-order chi connectivity index (χ1) is 7.88. The van der Waals surface area contributed by atoms with Crippen molar-refractivity contribution in [2.45, 2.75) is 12.8 Å². The number of aryl methyl sites for hydroxylation is 2. The van der Waals surface area contributed by atoms with E-state index in [0.717, 1.165) is 18.4 Å². The molecule has 0 aromatic heterocycles. The summed E-state index contributed by atoms with van der Waals surface area (Å²) in [7, 11) is 0. The van der Waals surface area contributed by atoms with Gasteiger partial charge in [0.15, 0.2) is 0 Å². The summed E-state index contributed by atoms with van der Waals surface area (Å²) in [6.07, 6.45) is 7.65. The van der Waals surface area contributed by atoms with Crippen LogP contribution in [0.2, 0.25) is 0 Å². The molecular formula is C16H12. The van der Waals surface area contributed by atoms with Crippen molar-refractivity contribution in [3.8, 4) is 23.5 Å². The summed E-state index contributed by atoms with van der Waals surface area (Å²) in [4.78, 5) is 0. The molecule has 1 aliphatic carbocycles. The van der Waals surface area contributed by atoms with Gasteiger partial charge in [0, 0.05) is 5.56 Å². The van der Waals surface area contributed by atoms with E-state index < -0.39 is 0 Å². The highest BCUT2D eigenvalue weighted by Gasteiger charge is 2.14. The predicted octanol–water partition coefficient (Wildman–Crippen LogP) is 3.43. The largest absolute Gasteiger partial charge is 0.115 e. The minimum atomic E-state index is 0.984. The molecule has 0 unspecified atom stereocenters. The van der Waals surface area contributed by atoms with Gasteiger partial charge in [-0.25, -0.2) is 0 Å². The molecule has 3 rings (SSSR count). The van der Waals surface area contributed by atoms with Crippen molar-refractivity contribution < 1.29 is 0 Å². The number of hydrogen-bond acceptors (Lipinski definition) is 0. The summed E-state index contributed by atoms with van der Waals surface area (Å²) < 4.78 is 0. The smallest absolute Gasteiger partial charge is 0.0245 e. The van der Waals surface area contributed by atoms with Gasteiger partial charge in [-0.15, -0.1) is 6.42 Å². The third-order valence-corrected chi connectivity index (χ3v) is 3.24. The number of fused-ring (bicyclic) bond motifs is 3. The number of benzene rings is 2. The van der Waals surface area contributed by atoms with Crippen LogP contribution in [0.4, 0.5) is 0 Å². The molecule has 0 spiro atoms. The molecule has 2 aromatic rings. The molecule has 2 aromatic carbocycles. The molecule has 0 atom stereocenters. The van der Waals surface area contributed by atoms with Crippen LogP contribution in [0.5, 0.6) is 0 Å². The van der Waals surface area contributed by atoms with Crippen molar-refractivity contribution in [3.05, 3.63) is 59.2 Å². The second-order valence-electron chi connectivity index (χ2n) is 4.17. The Morgan fingerprint density at radius 3 is 2.50 bits per heavy atom. The lowest BCUT2D eigenvalue weighted by Gasteiger charge is -2.19. The molecule has 0 heterocycles. The van der Waals surface area contributed by atoms with E-state index in [0.29, 0.717) is 0 Å². The normalized spacial score (nSPS) is 12.4. The van der Waals surface area contributed by atoms with Crippen molar-refractivity contribution in [2.75, 3.05) is 0 Å². The Labute approximate surface area is 95.9 Å². The van der Waals surface area contributed by atoms with Gasteiger partial charge >= 0.3 is 0 Å². The van der Waals surface area contributed by atoms with Crippen molar-refractivity contribution in [2.24, 2.45) is 0 Å². The number of rotatable bonds is 0. The molecule has 0 saturated carbocycles. The van der Waals surface area contributed by atoms with Crippen molar-refractivity contribution >= 4 is 0 Å². The quantitative estimate of drug-likeness (QED) is 0.577. The zero-order chi connectivity index (χ0) is 11.0. The first kappa shape index (κ1) is 9.24. The predicted molar refractivity (Wildman–Crippen MR) is 67.2 cm³/mol. The van der Waals surface area contributed by atoms with Gasteiger partial charge in [-0.1, -0.05) is 36.3 Å². The lowest BCUT2D eigenvalue weighted by atomic mass is 9.85. The molecule has 0 fully saturated rings. The molecule has 76 valence electrons. The Hall–Kier alpha value is -2.00. The van der Waals surface area contributed by atoms with E-state index in [1.54, 1.807) is 0 Å². The Balaban J connectivity index is 2.23. The third-order valence-electron chi connectivity index (χ3n) is 3.24. The molecule has 0 bridgehead atoms. The molecule has 0 heteroatoms. The maximum Gasteiger partial charge on any atom is 0.0245 e. The van der Waals surface area contributed by atoms with Crippen LogP contribution in [-0.2, 0) is 12.8 Å². The molecule has 0 saturated heterocycles. The molecule has 0 nitrogen and oxygen atoms in total. The van der Waals surface area contributed by atoms with Crippen molar-refractivity contribution in [3.63, 3.8) is 0 Å². The summed E-state index contributed by atoms with van der Waals surface area (Å²) in [6, 6.07) is 15.0. The summed E-state index contributed by atoms with van der Waals surface area (Å²) in [6.45, 7) is 0. The zero-order valence-corrected chi connectivity index (χ0v) is 9.03. The Morgan fingerprint density at radius 2 is 1.62 bits per heavy atom. The van der Waals surface area contributed by atoms with Gasteiger partial charge in [0.1, 0.15) is 0 Å². The average Bonchev–Trinajstić information content (AvgIpc) is 2.38. The Kier molecular flexibility index (Phi) is 2.04. The fraction of sp³-hybridized carbons (Fsp3) is 0.125. The van der Waals surface area contributed by atoms with Crippen LogP contribution in [0.3, 0.4) is 0 Å². The van der Waals surface area contributed by atoms with Gasteiger partial charge in [0.05, 0.1) is 0 Å². The van der Waals surface area contributed by atoms with Crippen molar-refractivity contribution in [1.82, 2.24) is 0 Å². The molecule has 0 N–H and O–H groups in total. The van der Waals surface area contributed by atoms with Crippen LogP contribution in [0.15, 0.2) is 42.5 Å². The Bertz CT molecular complexity index is 585. The standard InChI is InChI=1S/C16H12/c1-2-12-7-10-16-14(11-12)9-8-13-5-3-4-6-15(13)16/h1,3-7,10-11H,8-9H2. The minimum Gasteiger partial charge on any atom is -0.115 e. The second kappa shape index (κ2) is 3.54. The van der Waals surface area contributed by atoms with Gasteiger partial charge in [-0.2, -0.15) is 0 Å². The first-order valence-electron chi connectivity index (χ1n) is 5.56. The van der Waals surface area contributed by atoms with E-state index in [2.05, 4.69) is 42.3 Å². The number of hydrogen-bond donors (Lipinski definition) is 0. The van der Waals surface area contributed by atoms with E-state index in [9.17, 15) is 0 Å². The minimum absolute atomic E-state index is 0.984. The summed E-state index contributed by atoms with van der Waals surface area (Å²) in [5.74, 6) is 2.70. The molecule has 0 radical (unpaired) electrons. The monoisotopic (exact) mass is 204 g/mol. The SMILES string of the molecule is C#Cc1ccc2c(c1)CCc1ccccc1-2. The summed E-state index contributed by atoms with van der Waals surface area (Å²) >= 11 is 0. The average molecular weight is 204 g/mol. The molecule has 16 heavy (non-hydrogen) atoms. The molecular weight excluding hydrogens is 192 g/mol. The van der Waals surface area contributed by atoms with E-state index in [-0.39, 0.29) is 0 Å².